The van der Waals surface area contributed by atoms with Gasteiger partial charge in [-0.25, -0.2) is 4.79 Å². The fourth-order valence-corrected chi connectivity index (χ4v) is 2.93. The van der Waals surface area contributed by atoms with Crippen molar-refractivity contribution in [3.8, 4) is 0 Å². The number of rotatable bonds is 5. The fraction of sp³-hybridized carbons (Fsp3) is 0.929. The Bertz CT molecular complexity index is 271. The monoisotopic (exact) mass is 254 g/mol. The van der Waals surface area contributed by atoms with Gasteiger partial charge in [0.05, 0.1) is 7.11 Å². The third kappa shape index (κ3) is 3.61. The molecule has 1 atom stereocenters. The average molecular weight is 254 g/mol. The number of amides is 1. The number of nitrogens with one attached hydrogen (secondary N) is 1. The van der Waals surface area contributed by atoms with Crippen LogP contribution in [-0.2, 0) is 4.74 Å². The van der Waals surface area contributed by atoms with Gasteiger partial charge in [-0.2, -0.15) is 0 Å². The first-order chi connectivity index (χ1) is 8.74. The van der Waals surface area contributed by atoms with Crippen LogP contribution < -0.4 is 5.32 Å². The number of ether oxygens (including phenoxy) is 1. The molecule has 0 aromatic carbocycles. The molecule has 1 N–H and O–H groups in total. The largest absolute Gasteiger partial charge is 0.453 e. The van der Waals surface area contributed by atoms with Crippen LogP contribution in [0.5, 0.6) is 0 Å². The Morgan fingerprint density at radius 1 is 1.33 bits per heavy atom. The van der Waals surface area contributed by atoms with Gasteiger partial charge < -0.3 is 15.0 Å². The predicted molar refractivity (Wildman–Crippen MR) is 71.6 cm³/mol. The van der Waals surface area contributed by atoms with Crippen molar-refractivity contribution in [2.24, 2.45) is 5.92 Å². The summed E-state index contributed by atoms with van der Waals surface area (Å²) < 4.78 is 4.76. The average Bonchev–Trinajstić information content (AvgIpc) is 3.22. The van der Waals surface area contributed by atoms with Crippen LogP contribution in [0, 0.1) is 5.92 Å². The van der Waals surface area contributed by atoms with Crippen LogP contribution in [0.25, 0.3) is 0 Å². The van der Waals surface area contributed by atoms with Crippen molar-refractivity contribution in [3.63, 3.8) is 0 Å². The lowest BCUT2D eigenvalue weighted by Crippen LogP contribution is -2.48. The lowest BCUT2D eigenvalue weighted by molar-refractivity contribution is 0.108. The lowest BCUT2D eigenvalue weighted by Gasteiger charge is -2.34. The maximum atomic E-state index is 11.4. The number of carbonyl (C=O) groups is 1. The van der Waals surface area contributed by atoms with Crippen molar-refractivity contribution in [2.75, 3.05) is 20.2 Å². The van der Waals surface area contributed by atoms with Crippen molar-refractivity contribution >= 4 is 6.09 Å². The Kier molecular flexibility index (Phi) is 4.87. The minimum Gasteiger partial charge on any atom is -0.453 e. The van der Waals surface area contributed by atoms with Crippen LogP contribution in [0.15, 0.2) is 0 Å². The minimum atomic E-state index is -0.180. The molecule has 2 fully saturated rings. The Morgan fingerprint density at radius 2 is 2.00 bits per heavy atom. The summed E-state index contributed by atoms with van der Waals surface area (Å²) in [5.41, 5.74) is 0. The molecular formula is C14H26N2O2. The Balaban J connectivity index is 1.73. The predicted octanol–water partition coefficient (Wildman–Crippen LogP) is 2.39. The highest BCUT2D eigenvalue weighted by atomic mass is 16.5. The maximum absolute atomic E-state index is 11.4. The second kappa shape index (κ2) is 6.41. The van der Waals surface area contributed by atoms with Crippen LogP contribution in [-0.4, -0.2) is 43.3 Å². The Morgan fingerprint density at radius 3 is 2.50 bits per heavy atom. The summed E-state index contributed by atoms with van der Waals surface area (Å²) in [6.07, 6.45) is 7.29. The van der Waals surface area contributed by atoms with E-state index in [4.69, 9.17) is 4.74 Å². The van der Waals surface area contributed by atoms with E-state index >= 15 is 0 Å². The maximum Gasteiger partial charge on any atom is 0.409 e. The quantitative estimate of drug-likeness (QED) is 0.819. The Labute approximate surface area is 110 Å². The zero-order chi connectivity index (χ0) is 13.0. The first kappa shape index (κ1) is 13.7. The van der Waals surface area contributed by atoms with Crippen molar-refractivity contribution < 1.29 is 9.53 Å². The molecule has 2 aliphatic rings. The SMILES string of the molecule is CCC[C@H](NC1CCN(C(=O)OC)CC1)C1CC1. The standard InChI is InChI=1S/C14H26N2O2/c1-3-4-13(11-5-6-11)15-12-7-9-16(10-8-12)14(17)18-2/h11-13,15H,3-10H2,1-2H3/t13-/m0/s1. The van der Waals surface area contributed by atoms with E-state index in [1.54, 1.807) is 0 Å². The fourth-order valence-electron chi connectivity index (χ4n) is 2.93. The second-order valence-electron chi connectivity index (χ2n) is 5.63. The molecule has 0 bridgehead atoms. The van der Waals surface area contributed by atoms with Gasteiger partial charge in [0.25, 0.3) is 0 Å². The van der Waals surface area contributed by atoms with E-state index in [1.165, 1.54) is 32.8 Å². The molecule has 0 radical (unpaired) electrons. The molecule has 1 amide bonds. The summed E-state index contributed by atoms with van der Waals surface area (Å²) in [5.74, 6) is 0.920. The number of piperidine rings is 1. The molecule has 1 heterocycles. The molecule has 0 spiro atoms. The second-order valence-corrected chi connectivity index (χ2v) is 5.63. The molecule has 2 rings (SSSR count). The van der Waals surface area contributed by atoms with Crippen molar-refractivity contribution in [1.29, 1.82) is 0 Å². The molecule has 104 valence electrons. The van der Waals surface area contributed by atoms with Gasteiger partial charge in [-0.05, 0) is 38.0 Å². The Hall–Kier alpha value is -0.770. The summed E-state index contributed by atoms with van der Waals surface area (Å²) >= 11 is 0. The highest BCUT2D eigenvalue weighted by Gasteiger charge is 2.33. The van der Waals surface area contributed by atoms with Gasteiger partial charge in [-0.1, -0.05) is 13.3 Å². The van der Waals surface area contributed by atoms with Crippen LogP contribution in [0.1, 0.15) is 45.4 Å². The van der Waals surface area contributed by atoms with E-state index < -0.39 is 0 Å². The van der Waals surface area contributed by atoms with Gasteiger partial charge in [-0.3, -0.25) is 0 Å². The van der Waals surface area contributed by atoms with Crippen molar-refractivity contribution in [1.82, 2.24) is 10.2 Å². The number of methoxy groups -OCH3 is 1. The molecule has 0 aromatic rings. The van der Waals surface area contributed by atoms with Gasteiger partial charge in [0, 0.05) is 25.2 Å². The zero-order valence-electron chi connectivity index (χ0n) is 11.7. The molecule has 1 saturated carbocycles. The first-order valence-corrected chi connectivity index (χ1v) is 7.33. The highest BCUT2D eigenvalue weighted by molar-refractivity contribution is 5.67. The van der Waals surface area contributed by atoms with Crippen LogP contribution in [0.4, 0.5) is 4.79 Å². The lowest BCUT2D eigenvalue weighted by atomic mass is 10.0. The van der Waals surface area contributed by atoms with E-state index in [9.17, 15) is 4.79 Å². The summed E-state index contributed by atoms with van der Waals surface area (Å²) in [6, 6.07) is 1.30. The number of likely N-dealkylation sites (tertiary alicyclic amines) is 1. The summed E-state index contributed by atoms with van der Waals surface area (Å²) in [5, 5.41) is 3.82. The van der Waals surface area contributed by atoms with E-state index in [0.717, 1.165) is 31.8 Å². The molecule has 1 saturated heterocycles. The highest BCUT2D eigenvalue weighted by Crippen LogP contribution is 2.35. The normalized spacial score (nSPS) is 22.9. The minimum absolute atomic E-state index is 0.180. The van der Waals surface area contributed by atoms with Crippen LogP contribution in [0.3, 0.4) is 0 Å². The van der Waals surface area contributed by atoms with E-state index in [1.807, 2.05) is 4.90 Å². The number of nitrogens with zero attached hydrogens (tertiary/aromatic N) is 1. The topological polar surface area (TPSA) is 41.6 Å². The van der Waals surface area contributed by atoms with Gasteiger partial charge >= 0.3 is 6.09 Å². The molecule has 4 nitrogen and oxygen atoms in total. The molecule has 1 aliphatic carbocycles. The molecule has 4 heteroatoms. The van der Waals surface area contributed by atoms with E-state index in [-0.39, 0.29) is 6.09 Å². The van der Waals surface area contributed by atoms with Gasteiger partial charge in [0.1, 0.15) is 0 Å². The zero-order valence-corrected chi connectivity index (χ0v) is 11.7. The van der Waals surface area contributed by atoms with Gasteiger partial charge in [0.2, 0.25) is 0 Å². The van der Waals surface area contributed by atoms with Gasteiger partial charge in [-0.15, -0.1) is 0 Å². The number of hydrogen-bond donors (Lipinski definition) is 1. The van der Waals surface area contributed by atoms with Crippen LogP contribution in [0.2, 0.25) is 0 Å². The number of carbonyl (C=O) groups excluding carboxylic acids is 1. The van der Waals surface area contributed by atoms with Crippen molar-refractivity contribution in [2.45, 2.75) is 57.5 Å². The number of hydrogen-bond acceptors (Lipinski definition) is 3. The molecule has 18 heavy (non-hydrogen) atoms. The summed E-state index contributed by atoms with van der Waals surface area (Å²) in [6.45, 7) is 3.92. The van der Waals surface area contributed by atoms with Crippen molar-refractivity contribution in [3.05, 3.63) is 0 Å². The van der Waals surface area contributed by atoms with Gasteiger partial charge in [0.15, 0.2) is 0 Å². The molecule has 1 aliphatic heterocycles. The van der Waals surface area contributed by atoms with E-state index in [2.05, 4.69) is 12.2 Å². The third-order valence-corrected chi connectivity index (χ3v) is 4.17. The molecule has 0 unspecified atom stereocenters. The molecule has 0 aromatic heterocycles. The first-order valence-electron chi connectivity index (χ1n) is 7.33. The third-order valence-electron chi connectivity index (χ3n) is 4.17. The van der Waals surface area contributed by atoms with Crippen LogP contribution >= 0.6 is 0 Å². The summed E-state index contributed by atoms with van der Waals surface area (Å²) in [7, 11) is 1.46. The smallest absolute Gasteiger partial charge is 0.409 e. The summed E-state index contributed by atoms with van der Waals surface area (Å²) in [4.78, 5) is 13.2. The molecular weight excluding hydrogens is 228 g/mol. The van der Waals surface area contributed by atoms with E-state index in [0.29, 0.717) is 12.1 Å².